The molecule has 18 heavy (non-hydrogen) atoms. The molecule has 2 aliphatic heterocycles. The van der Waals surface area contributed by atoms with Crippen molar-refractivity contribution in [3.8, 4) is 0 Å². The van der Waals surface area contributed by atoms with Crippen LogP contribution in [0.15, 0.2) is 0 Å². The molecule has 0 saturated carbocycles. The molecule has 0 bridgehead atoms. The van der Waals surface area contributed by atoms with E-state index in [1.54, 1.807) is 0 Å². The SMILES string of the molecule is CC1(C)C(CN)CC(=O)N1CCN1CCOCC1. The number of hydrogen-bond donors (Lipinski definition) is 1. The molecule has 0 aliphatic carbocycles. The fourth-order valence-corrected chi connectivity index (χ4v) is 2.96. The standard InChI is InChI=1S/C13H25N3O2/c1-13(2)11(10-14)9-12(17)16(13)4-3-15-5-7-18-8-6-15/h11H,3-10,14H2,1-2H3. The monoisotopic (exact) mass is 255 g/mol. The molecule has 2 fully saturated rings. The van der Waals surface area contributed by atoms with Gasteiger partial charge in [-0.15, -0.1) is 0 Å². The third-order valence-electron chi connectivity index (χ3n) is 4.44. The van der Waals surface area contributed by atoms with Crippen molar-refractivity contribution in [1.82, 2.24) is 9.80 Å². The summed E-state index contributed by atoms with van der Waals surface area (Å²) >= 11 is 0. The van der Waals surface area contributed by atoms with E-state index in [1.165, 1.54) is 0 Å². The zero-order valence-corrected chi connectivity index (χ0v) is 11.5. The van der Waals surface area contributed by atoms with Gasteiger partial charge in [-0.2, -0.15) is 0 Å². The molecular weight excluding hydrogens is 230 g/mol. The van der Waals surface area contributed by atoms with Crippen LogP contribution < -0.4 is 5.73 Å². The van der Waals surface area contributed by atoms with Gasteiger partial charge in [-0.1, -0.05) is 0 Å². The summed E-state index contributed by atoms with van der Waals surface area (Å²) in [5.41, 5.74) is 5.67. The lowest BCUT2D eigenvalue weighted by Crippen LogP contribution is -2.49. The maximum atomic E-state index is 12.1. The number of rotatable bonds is 4. The zero-order chi connectivity index (χ0) is 13.2. The highest BCUT2D eigenvalue weighted by molar-refractivity contribution is 5.80. The van der Waals surface area contributed by atoms with Gasteiger partial charge in [0.05, 0.1) is 13.2 Å². The van der Waals surface area contributed by atoms with Gasteiger partial charge in [0.2, 0.25) is 5.91 Å². The zero-order valence-electron chi connectivity index (χ0n) is 11.5. The molecule has 104 valence electrons. The summed E-state index contributed by atoms with van der Waals surface area (Å²) in [4.78, 5) is 16.4. The minimum atomic E-state index is -0.0991. The minimum Gasteiger partial charge on any atom is -0.379 e. The minimum absolute atomic E-state index is 0.0991. The Balaban J connectivity index is 1.89. The van der Waals surface area contributed by atoms with Crippen LogP contribution in [0.4, 0.5) is 0 Å². The topological polar surface area (TPSA) is 58.8 Å². The van der Waals surface area contributed by atoms with E-state index in [0.717, 1.165) is 39.4 Å². The van der Waals surface area contributed by atoms with E-state index in [0.29, 0.717) is 13.0 Å². The van der Waals surface area contributed by atoms with Crippen LogP contribution in [0.1, 0.15) is 20.3 Å². The van der Waals surface area contributed by atoms with Crippen LogP contribution in [0.5, 0.6) is 0 Å². The lowest BCUT2D eigenvalue weighted by molar-refractivity contribution is -0.130. The Bertz CT molecular complexity index is 301. The Morgan fingerprint density at radius 2 is 2.00 bits per heavy atom. The second-order valence-electron chi connectivity index (χ2n) is 5.79. The maximum absolute atomic E-state index is 12.1. The molecule has 2 saturated heterocycles. The van der Waals surface area contributed by atoms with Gasteiger partial charge in [0.1, 0.15) is 0 Å². The number of likely N-dealkylation sites (tertiary alicyclic amines) is 1. The smallest absolute Gasteiger partial charge is 0.223 e. The lowest BCUT2D eigenvalue weighted by Gasteiger charge is -2.37. The third-order valence-corrected chi connectivity index (χ3v) is 4.44. The predicted molar refractivity (Wildman–Crippen MR) is 70.2 cm³/mol. The van der Waals surface area contributed by atoms with E-state index in [4.69, 9.17) is 10.5 Å². The Morgan fingerprint density at radius 3 is 2.56 bits per heavy atom. The van der Waals surface area contributed by atoms with E-state index in [9.17, 15) is 4.79 Å². The molecule has 0 radical (unpaired) electrons. The van der Waals surface area contributed by atoms with Gasteiger partial charge < -0.3 is 15.4 Å². The number of carbonyl (C=O) groups is 1. The molecular formula is C13H25N3O2. The molecule has 5 heteroatoms. The van der Waals surface area contributed by atoms with Crippen molar-refractivity contribution < 1.29 is 9.53 Å². The van der Waals surface area contributed by atoms with Crippen molar-refractivity contribution in [2.45, 2.75) is 25.8 Å². The van der Waals surface area contributed by atoms with Crippen LogP contribution in [0, 0.1) is 5.92 Å². The molecule has 2 N–H and O–H groups in total. The fourth-order valence-electron chi connectivity index (χ4n) is 2.96. The van der Waals surface area contributed by atoms with Crippen LogP contribution >= 0.6 is 0 Å². The molecule has 0 aromatic heterocycles. The van der Waals surface area contributed by atoms with Crippen molar-refractivity contribution in [3.63, 3.8) is 0 Å². The molecule has 0 spiro atoms. The highest BCUT2D eigenvalue weighted by atomic mass is 16.5. The number of carbonyl (C=O) groups excluding carboxylic acids is 1. The van der Waals surface area contributed by atoms with Crippen LogP contribution in [-0.4, -0.2) is 67.2 Å². The van der Waals surface area contributed by atoms with Gasteiger partial charge in [-0.25, -0.2) is 0 Å². The average Bonchev–Trinajstić information content (AvgIpc) is 2.58. The highest BCUT2D eigenvalue weighted by Gasteiger charge is 2.44. The Labute approximate surface area is 109 Å². The number of morpholine rings is 1. The van der Waals surface area contributed by atoms with Crippen molar-refractivity contribution in [1.29, 1.82) is 0 Å². The molecule has 0 aromatic carbocycles. The number of hydrogen-bond acceptors (Lipinski definition) is 4. The number of nitrogens with two attached hydrogens (primary N) is 1. The summed E-state index contributed by atoms with van der Waals surface area (Å²) in [6.07, 6.45) is 0.604. The third kappa shape index (κ3) is 2.68. The summed E-state index contributed by atoms with van der Waals surface area (Å²) in [5, 5.41) is 0. The molecule has 2 aliphatic rings. The van der Waals surface area contributed by atoms with Gasteiger partial charge in [-0.3, -0.25) is 9.69 Å². The second kappa shape index (κ2) is 5.55. The van der Waals surface area contributed by atoms with E-state index in [-0.39, 0.29) is 17.4 Å². The summed E-state index contributed by atoms with van der Waals surface area (Å²) < 4.78 is 5.33. The highest BCUT2D eigenvalue weighted by Crippen LogP contribution is 2.34. The largest absolute Gasteiger partial charge is 0.379 e. The first-order chi connectivity index (χ1) is 8.55. The molecule has 2 heterocycles. The predicted octanol–water partition coefficient (Wildman–Crippen LogP) is -0.0956. The molecule has 1 amide bonds. The molecule has 2 rings (SSSR count). The summed E-state index contributed by atoms with van der Waals surface area (Å²) in [7, 11) is 0. The average molecular weight is 255 g/mol. The lowest BCUT2D eigenvalue weighted by atomic mass is 9.88. The molecule has 1 atom stereocenters. The molecule has 1 unspecified atom stereocenters. The Hall–Kier alpha value is -0.650. The molecule has 0 aromatic rings. The van der Waals surface area contributed by atoms with E-state index in [1.807, 2.05) is 4.90 Å². The van der Waals surface area contributed by atoms with Crippen LogP contribution in [0.2, 0.25) is 0 Å². The number of nitrogens with zero attached hydrogens (tertiary/aromatic N) is 2. The van der Waals surface area contributed by atoms with Gasteiger partial charge in [0.25, 0.3) is 0 Å². The maximum Gasteiger partial charge on any atom is 0.223 e. The Kier molecular flexibility index (Phi) is 4.25. The number of amides is 1. The fraction of sp³-hybridized carbons (Fsp3) is 0.923. The van der Waals surface area contributed by atoms with E-state index >= 15 is 0 Å². The number of ether oxygens (including phenoxy) is 1. The van der Waals surface area contributed by atoms with Crippen molar-refractivity contribution in [3.05, 3.63) is 0 Å². The first-order valence-electron chi connectivity index (χ1n) is 6.86. The van der Waals surface area contributed by atoms with Crippen LogP contribution in [0.25, 0.3) is 0 Å². The van der Waals surface area contributed by atoms with Gasteiger partial charge in [-0.05, 0) is 20.4 Å². The van der Waals surface area contributed by atoms with Gasteiger partial charge in [0, 0.05) is 44.1 Å². The first kappa shape index (κ1) is 13.8. The summed E-state index contributed by atoms with van der Waals surface area (Å²) in [6.45, 7) is 10.2. The normalized spacial score (nSPS) is 28.9. The van der Waals surface area contributed by atoms with Gasteiger partial charge >= 0.3 is 0 Å². The van der Waals surface area contributed by atoms with Crippen LogP contribution in [0.3, 0.4) is 0 Å². The first-order valence-corrected chi connectivity index (χ1v) is 6.86. The molecule has 5 nitrogen and oxygen atoms in total. The Morgan fingerprint density at radius 1 is 1.33 bits per heavy atom. The van der Waals surface area contributed by atoms with Crippen molar-refractivity contribution >= 4 is 5.91 Å². The van der Waals surface area contributed by atoms with Crippen molar-refractivity contribution in [2.75, 3.05) is 45.9 Å². The summed E-state index contributed by atoms with van der Waals surface area (Å²) in [6, 6.07) is 0. The van der Waals surface area contributed by atoms with E-state index in [2.05, 4.69) is 18.7 Å². The van der Waals surface area contributed by atoms with Crippen molar-refractivity contribution in [2.24, 2.45) is 11.7 Å². The van der Waals surface area contributed by atoms with Crippen LogP contribution in [-0.2, 0) is 9.53 Å². The quantitative estimate of drug-likeness (QED) is 0.762. The van der Waals surface area contributed by atoms with E-state index < -0.39 is 0 Å². The van der Waals surface area contributed by atoms with Gasteiger partial charge in [0.15, 0.2) is 0 Å². The summed E-state index contributed by atoms with van der Waals surface area (Å²) in [5.74, 6) is 0.540. The second-order valence-corrected chi connectivity index (χ2v) is 5.79.